The molecule has 1 atom stereocenters. The average molecular weight is 481 g/mol. The van der Waals surface area contributed by atoms with Crippen LogP contribution in [-0.4, -0.2) is 58.5 Å². The number of hydrogen-bond acceptors (Lipinski definition) is 5. The van der Waals surface area contributed by atoms with Crippen molar-refractivity contribution >= 4 is 39.7 Å². The first-order valence-corrected chi connectivity index (χ1v) is 12.1. The molecule has 6 nitrogen and oxygen atoms in total. The van der Waals surface area contributed by atoms with Crippen LogP contribution in [0.4, 0.5) is 0 Å². The summed E-state index contributed by atoms with van der Waals surface area (Å²) in [5, 5.41) is 1.06. The van der Waals surface area contributed by atoms with E-state index in [9.17, 15) is 4.79 Å². The van der Waals surface area contributed by atoms with E-state index in [2.05, 4.69) is 39.1 Å². The Labute approximate surface area is 201 Å². The summed E-state index contributed by atoms with van der Waals surface area (Å²) >= 11 is 7.65. The van der Waals surface area contributed by atoms with E-state index in [4.69, 9.17) is 16.3 Å². The summed E-state index contributed by atoms with van der Waals surface area (Å²) in [6.07, 6.45) is 3.69. The second-order valence-electron chi connectivity index (χ2n) is 8.20. The zero-order valence-corrected chi connectivity index (χ0v) is 19.9. The van der Waals surface area contributed by atoms with Gasteiger partial charge in [-0.1, -0.05) is 35.9 Å². The summed E-state index contributed by atoms with van der Waals surface area (Å²) in [4.78, 5) is 26.4. The van der Waals surface area contributed by atoms with Gasteiger partial charge in [-0.25, -0.2) is 0 Å². The van der Waals surface area contributed by atoms with Crippen molar-refractivity contribution in [3.8, 4) is 10.4 Å². The van der Waals surface area contributed by atoms with Crippen molar-refractivity contribution in [3.05, 3.63) is 76.5 Å². The molecule has 170 valence electrons. The standard InChI is InChI=1S/C25H25ClN4O2S/c1-32-16-22-25(31)30(15-21-19-8-10-27-20(19)9-11-28-21)13-12-29(22)14-17-2-4-18(5-3-17)23-6-7-24(26)33-23/h2-11,22,27H,12-16H2,1H3/t22-/m0/s1. The maximum absolute atomic E-state index is 13.4. The maximum Gasteiger partial charge on any atom is 0.242 e. The molecule has 8 heteroatoms. The van der Waals surface area contributed by atoms with Crippen molar-refractivity contribution < 1.29 is 9.53 Å². The molecule has 0 unspecified atom stereocenters. The van der Waals surface area contributed by atoms with Crippen LogP contribution in [-0.2, 0) is 22.6 Å². The van der Waals surface area contributed by atoms with Crippen LogP contribution in [0.15, 0.2) is 60.9 Å². The number of nitrogens with zero attached hydrogens (tertiary/aromatic N) is 3. The molecule has 5 rings (SSSR count). The average Bonchev–Trinajstić information content (AvgIpc) is 3.48. The molecule has 0 spiro atoms. The van der Waals surface area contributed by atoms with Crippen molar-refractivity contribution in [1.82, 2.24) is 19.8 Å². The fourth-order valence-electron chi connectivity index (χ4n) is 4.39. The molecule has 0 aliphatic carbocycles. The Hall–Kier alpha value is -2.71. The number of amides is 1. The van der Waals surface area contributed by atoms with Gasteiger partial charge in [0, 0.05) is 54.9 Å². The molecule has 1 aliphatic heterocycles. The molecule has 4 aromatic rings. The van der Waals surface area contributed by atoms with E-state index in [0.29, 0.717) is 26.2 Å². The molecule has 1 N–H and O–H groups in total. The van der Waals surface area contributed by atoms with Gasteiger partial charge >= 0.3 is 0 Å². The Balaban J connectivity index is 1.29. The van der Waals surface area contributed by atoms with E-state index < -0.39 is 0 Å². The Morgan fingerprint density at radius 2 is 1.97 bits per heavy atom. The molecule has 1 aliphatic rings. The van der Waals surface area contributed by atoms with Gasteiger partial charge in [0.1, 0.15) is 6.04 Å². The molecule has 1 aromatic carbocycles. The predicted octanol–water partition coefficient (Wildman–Crippen LogP) is 4.80. The number of carbonyl (C=O) groups excluding carboxylic acids is 1. The number of thiophene rings is 1. The molecule has 1 saturated heterocycles. The van der Waals surface area contributed by atoms with Crippen LogP contribution >= 0.6 is 22.9 Å². The molecule has 33 heavy (non-hydrogen) atoms. The number of piperazine rings is 1. The third kappa shape index (κ3) is 4.68. The highest BCUT2D eigenvalue weighted by Crippen LogP contribution is 2.31. The number of carbonyl (C=O) groups is 1. The Bertz CT molecular complexity index is 1250. The normalized spacial score (nSPS) is 17.2. The lowest BCUT2D eigenvalue weighted by molar-refractivity contribution is -0.145. The van der Waals surface area contributed by atoms with E-state index in [1.165, 1.54) is 5.56 Å². The smallest absolute Gasteiger partial charge is 0.242 e. The Morgan fingerprint density at radius 1 is 1.12 bits per heavy atom. The number of aromatic amines is 1. The molecular weight excluding hydrogens is 456 g/mol. The molecule has 4 heterocycles. The quantitative estimate of drug-likeness (QED) is 0.412. The van der Waals surface area contributed by atoms with Gasteiger partial charge in [0.25, 0.3) is 0 Å². The highest BCUT2D eigenvalue weighted by Gasteiger charge is 2.35. The number of methoxy groups -OCH3 is 1. The minimum Gasteiger partial charge on any atom is -0.383 e. The second-order valence-corrected chi connectivity index (χ2v) is 9.91. The van der Waals surface area contributed by atoms with Crippen LogP contribution in [0.25, 0.3) is 21.3 Å². The van der Waals surface area contributed by atoms with Gasteiger partial charge in [0.05, 0.1) is 23.2 Å². The topological polar surface area (TPSA) is 61.5 Å². The minimum absolute atomic E-state index is 0.0855. The van der Waals surface area contributed by atoms with Gasteiger partial charge in [-0.2, -0.15) is 0 Å². The number of benzene rings is 1. The molecule has 0 bridgehead atoms. The lowest BCUT2D eigenvalue weighted by Gasteiger charge is -2.40. The van der Waals surface area contributed by atoms with E-state index in [-0.39, 0.29) is 11.9 Å². The van der Waals surface area contributed by atoms with Crippen LogP contribution in [0.5, 0.6) is 0 Å². The van der Waals surface area contributed by atoms with Crippen LogP contribution in [0, 0.1) is 0 Å². The Kier molecular flexibility index (Phi) is 6.46. The van der Waals surface area contributed by atoms with Gasteiger partial charge in [0.2, 0.25) is 5.91 Å². The van der Waals surface area contributed by atoms with E-state index in [0.717, 1.165) is 37.9 Å². The predicted molar refractivity (Wildman–Crippen MR) is 132 cm³/mol. The summed E-state index contributed by atoms with van der Waals surface area (Å²) in [5.41, 5.74) is 4.27. The van der Waals surface area contributed by atoms with E-state index in [1.807, 2.05) is 35.4 Å². The first kappa shape index (κ1) is 22.1. The molecule has 1 amide bonds. The van der Waals surface area contributed by atoms with Gasteiger partial charge < -0.3 is 14.6 Å². The highest BCUT2D eigenvalue weighted by atomic mass is 35.5. The van der Waals surface area contributed by atoms with Gasteiger partial charge in [0.15, 0.2) is 0 Å². The van der Waals surface area contributed by atoms with Crippen LogP contribution in [0.1, 0.15) is 11.3 Å². The summed E-state index contributed by atoms with van der Waals surface area (Å²) in [7, 11) is 1.65. The van der Waals surface area contributed by atoms with Crippen LogP contribution < -0.4 is 0 Å². The monoisotopic (exact) mass is 480 g/mol. The summed E-state index contributed by atoms with van der Waals surface area (Å²) in [6, 6.07) is 16.1. The fourth-order valence-corrected chi connectivity index (χ4v) is 5.44. The van der Waals surface area contributed by atoms with Crippen LogP contribution in [0.3, 0.4) is 0 Å². The summed E-state index contributed by atoms with van der Waals surface area (Å²) in [6.45, 7) is 3.01. The van der Waals surface area contributed by atoms with Gasteiger partial charge in [-0.3, -0.25) is 14.7 Å². The number of H-pyrrole nitrogens is 1. The third-order valence-electron chi connectivity index (χ3n) is 6.12. The van der Waals surface area contributed by atoms with Gasteiger partial charge in [-0.15, -0.1) is 11.3 Å². The number of ether oxygens (including phenoxy) is 1. The van der Waals surface area contributed by atoms with Crippen molar-refractivity contribution in [2.24, 2.45) is 0 Å². The SMILES string of the molecule is COC[C@H]1C(=O)N(Cc2nccc3[nH]ccc23)CCN1Cc1ccc(-c2ccc(Cl)s2)cc1. The highest BCUT2D eigenvalue weighted by molar-refractivity contribution is 7.19. The fraction of sp³-hybridized carbons (Fsp3) is 0.280. The number of rotatable bonds is 7. The molecule has 0 radical (unpaired) electrons. The molecule has 0 saturated carbocycles. The van der Waals surface area contributed by atoms with Crippen molar-refractivity contribution in [2.45, 2.75) is 19.1 Å². The number of aromatic nitrogens is 2. The van der Waals surface area contributed by atoms with Crippen molar-refractivity contribution in [1.29, 1.82) is 0 Å². The number of pyridine rings is 1. The summed E-state index contributed by atoms with van der Waals surface area (Å²) in [5.74, 6) is 0.0855. The number of hydrogen-bond donors (Lipinski definition) is 1. The summed E-state index contributed by atoms with van der Waals surface area (Å²) < 4.78 is 6.22. The minimum atomic E-state index is -0.315. The van der Waals surface area contributed by atoms with Crippen molar-refractivity contribution in [2.75, 3.05) is 26.8 Å². The third-order valence-corrected chi connectivity index (χ3v) is 7.40. The zero-order chi connectivity index (χ0) is 22.8. The first-order chi connectivity index (χ1) is 16.1. The molecule has 3 aromatic heterocycles. The molecular formula is C25H25ClN4O2S. The number of halogens is 1. The number of nitrogens with one attached hydrogen (secondary N) is 1. The van der Waals surface area contributed by atoms with Gasteiger partial charge in [-0.05, 0) is 35.4 Å². The van der Waals surface area contributed by atoms with E-state index >= 15 is 0 Å². The lowest BCUT2D eigenvalue weighted by atomic mass is 10.1. The number of fused-ring (bicyclic) bond motifs is 1. The van der Waals surface area contributed by atoms with Crippen molar-refractivity contribution in [3.63, 3.8) is 0 Å². The van der Waals surface area contributed by atoms with E-state index in [1.54, 1.807) is 24.6 Å². The Morgan fingerprint density at radius 3 is 2.73 bits per heavy atom. The lowest BCUT2D eigenvalue weighted by Crippen LogP contribution is -2.57. The first-order valence-electron chi connectivity index (χ1n) is 10.9. The maximum atomic E-state index is 13.4. The van der Waals surface area contributed by atoms with Crippen LogP contribution in [0.2, 0.25) is 4.34 Å². The largest absolute Gasteiger partial charge is 0.383 e. The second kappa shape index (κ2) is 9.65. The molecule has 1 fully saturated rings. The zero-order valence-electron chi connectivity index (χ0n) is 18.3.